The predicted octanol–water partition coefficient (Wildman–Crippen LogP) is 2.40. The molecule has 0 aromatic heterocycles. The number of halogens is 1. The first-order valence-electron chi connectivity index (χ1n) is 5.54. The first-order chi connectivity index (χ1) is 8.19. The zero-order valence-corrected chi connectivity index (χ0v) is 11.6. The van der Waals surface area contributed by atoms with E-state index in [1.54, 1.807) is 17.8 Å². The highest BCUT2D eigenvalue weighted by Gasteiger charge is 2.11. The zero-order valence-electron chi connectivity index (χ0n) is 10.0. The van der Waals surface area contributed by atoms with Gasteiger partial charge in [0.1, 0.15) is 0 Å². The van der Waals surface area contributed by atoms with Crippen LogP contribution in [0.4, 0.5) is 0 Å². The van der Waals surface area contributed by atoms with Crippen LogP contribution in [0.2, 0.25) is 5.02 Å². The molecule has 0 heterocycles. The van der Waals surface area contributed by atoms with E-state index in [0.29, 0.717) is 17.1 Å². The van der Waals surface area contributed by atoms with Gasteiger partial charge in [-0.25, -0.2) is 0 Å². The highest BCUT2D eigenvalue weighted by Crippen LogP contribution is 2.25. The lowest BCUT2D eigenvalue weighted by Crippen LogP contribution is -2.30. The van der Waals surface area contributed by atoms with Gasteiger partial charge in [-0.2, -0.15) is 0 Å². The number of carbonyl (C=O) groups is 1. The minimum Gasteiger partial charge on any atom is -0.351 e. The van der Waals surface area contributed by atoms with Crippen molar-refractivity contribution >= 4 is 29.3 Å². The lowest BCUT2D eigenvalue weighted by atomic mass is 10.2. The Morgan fingerprint density at radius 3 is 2.82 bits per heavy atom. The van der Waals surface area contributed by atoms with Crippen molar-refractivity contribution in [2.45, 2.75) is 11.8 Å². The Balaban J connectivity index is 2.78. The standard InChI is InChI=1S/C12H17ClN2OS/c1-3-17-11-5-4-9(13)8-10(11)12(16)15-7-6-14-2/h4-5,8,14H,3,6-7H2,1-2H3,(H,15,16). The van der Waals surface area contributed by atoms with Crippen LogP contribution in [0.5, 0.6) is 0 Å². The summed E-state index contributed by atoms with van der Waals surface area (Å²) in [6, 6.07) is 5.42. The molecule has 5 heteroatoms. The molecule has 0 aliphatic rings. The fourth-order valence-corrected chi connectivity index (χ4v) is 2.31. The largest absolute Gasteiger partial charge is 0.351 e. The van der Waals surface area contributed by atoms with Gasteiger partial charge in [0.15, 0.2) is 0 Å². The molecule has 0 aliphatic heterocycles. The summed E-state index contributed by atoms with van der Waals surface area (Å²) in [4.78, 5) is 12.9. The lowest BCUT2D eigenvalue weighted by Gasteiger charge is -2.09. The number of benzene rings is 1. The van der Waals surface area contributed by atoms with Crippen molar-refractivity contribution in [3.63, 3.8) is 0 Å². The average molecular weight is 273 g/mol. The van der Waals surface area contributed by atoms with Gasteiger partial charge in [0.05, 0.1) is 5.56 Å². The van der Waals surface area contributed by atoms with Gasteiger partial charge in [0.25, 0.3) is 5.91 Å². The van der Waals surface area contributed by atoms with E-state index in [1.807, 2.05) is 19.2 Å². The molecule has 0 saturated carbocycles. The van der Waals surface area contributed by atoms with Crippen molar-refractivity contribution < 1.29 is 4.79 Å². The number of rotatable bonds is 6. The maximum atomic E-state index is 12.0. The van der Waals surface area contributed by atoms with Crippen LogP contribution in [0, 0.1) is 0 Å². The third-order valence-electron chi connectivity index (χ3n) is 2.15. The van der Waals surface area contributed by atoms with Crippen molar-refractivity contribution in [1.29, 1.82) is 0 Å². The number of hydrogen-bond donors (Lipinski definition) is 2. The number of amides is 1. The molecule has 1 aromatic carbocycles. The topological polar surface area (TPSA) is 41.1 Å². The van der Waals surface area contributed by atoms with Crippen molar-refractivity contribution in [3.8, 4) is 0 Å². The third kappa shape index (κ3) is 4.58. The molecule has 3 nitrogen and oxygen atoms in total. The van der Waals surface area contributed by atoms with Crippen molar-refractivity contribution in [3.05, 3.63) is 28.8 Å². The van der Waals surface area contributed by atoms with Crippen LogP contribution < -0.4 is 10.6 Å². The van der Waals surface area contributed by atoms with Gasteiger partial charge in [-0.15, -0.1) is 11.8 Å². The molecule has 0 spiro atoms. The van der Waals surface area contributed by atoms with Crippen LogP contribution in [0.15, 0.2) is 23.1 Å². The van der Waals surface area contributed by atoms with Crippen LogP contribution in [-0.2, 0) is 0 Å². The Morgan fingerprint density at radius 1 is 1.41 bits per heavy atom. The minimum atomic E-state index is -0.0706. The summed E-state index contributed by atoms with van der Waals surface area (Å²) in [5.41, 5.74) is 0.653. The van der Waals surface area contributed by atoms with E-state index < -0.39 is 0 Å². The van der Waals surface area contributed by atoms with E-state index in [2.05, 4.69) is 17.6 Å². The van der Waals surface area contributed by atoms with E-state index >= 15 is 0 Å². The summed E-state index contributed by atoms with van der Waals surface area (Å²) < 4.78 is 0. The normalized spacial score (nSPS) is 10.3. The first kappa shape index (κ1) is 14.4. The molecule has 2 N–H and O–H groups in total. The van der Waals surface area contributed by atoms with Gasteiger partial charge in [-0.05, 0) is 31.0 Å². The quantitative estimate of drug-likeness (QED) is 0.617. The summed E-state index contributed by atoms with van der Waals surface area (Å²) in [6.45, 7) is 3.42. The van der Waals surface area contributed by atoms with Gasteiger partial charge >= 0.3 is 0 Å². The smallest absolute Gasteiger partial charge is 0.252 e. The summed E-state index contributed by atoms with van der Waals surface area (Å²) in [5, 5.41) is 6.42. The average Bonchev–Trinajstić information content (AvgIpc) is 2.32. The molecular weight excluding hydrogens is 256 g/mol. The first-order valence-corrected chi connectivity index (χ1v) is 6.90. The Labute approximate surface area is 111 Å². The highest BCUT2D eigenvalue weighted by molar-refractivity contribution is 7.99. The second-order valence-corrected chi connectivity index (χ2v) is 5.18. The van der Waals surface area contributed by atoms with Crippen LogP contribution in [0.3, 0.4) is 0 Å². The number of hydrogen-bond acceptors (Lipinski definition) is 3. The van der Waals surface area contributed by atoms with Gasteiger partial charge in [-0.3, -0.25) is 4.79 Å². The van der Waals surface area contributed by atoms with Gasteiger partial charge in [-0.1, -0.05) is 18.5 Å². The summed E-state index contributed by atoms with van der Waals surface area (Å²) >= 11 is 7.56. The number of carbonyl (C=O) groups excluding carboxylic acids is 1. The fraction of sp³-hybridized carbons (Fsp3) is 0.417. The molecular formula is C12H17ClN2OS. The van der Waals surface area contributed by atoms with E-state index in [4.69, 9.17) is 11.6 Å². The summed E-state index contributed by atoms with van der Waals surface area (Å²) in [7, 11) is 1.85. The summed E-state index contributed by atoms with van der Waals surface area (Å²) in [6.07, 6.45) is 0. The van der Waals surface area contributed by atoms with E-state index in [-0.39, 0.29) is 5.91 Å². The zero-order chi connectivity index (χ0) is 12.7. The van der Waals surface area contributed by atoms with E-state index in [1.165, 1.54) is 0 Å². The Kier molecular flexibility index (Phi) is 6.40. The Morgan fingerprint density at radius 2 is 2.18 bits per heavy atom. The number of thioether (sulfide) groups is 1. The van der Waals surface area contributed by atoms with Gasteiger partial charge < -0.3 is 10.6 Å². The molecule has 0 saturated heterocycles. The Bertz CT molecular complexity index is 385. The maximum absolute atomic E-state index is 12.0. The number of nitrogens with one attached hydrogen (secondary N) is 2. The number of likely N-dealkylation sites (N-methyl/N-ethyl adjacent to an activating group) is 1. The monoisotopic (exact) mass is 272 g/mol. The molecule has 17 heavy (non-hydrogen) atoms. The molecule has 0 aliphatic carbocycles. The van der Waals surface area contributed by atoms with Crippen LogP contribution in [0.1, 0.15) is 17.3 Å². The molecule has 1 aromatic rings. The SMILES string of the molecule is CCSc1ccc(Cl)cc1C(=O)NCCNC. The van der Waals surface area contributed by atoms with Crippen LogP contribution in [0.25, 0.3) is 0 Å². The molecule has 0 fully saturated rings. The molecule has 0 atom stereocenters. The summed E-state index contributed by atoms with van der Waals surface area (Å²) in [5.74, 6) is 0.858. The fourth-order valence-electron chi connectivity index (χ4n) is 1.36. The third-order valence-corrected chi connectivity index (χ3v) is 3.34. The molecule has 1 amide bonds. The van der Waals surface area contributed by atoms with Crippen molar-refractivity contribution in [1.82, 2.24) is 10.6 Å². The van der Waals surface area contributed by atoms with Gasteiger partial charge in [0.2, 0.25) is 0 Å². The molecule has 0 radical (unpaired) electrons. The highest BCUT2D eigenvalue weighted by atomic mass is 35.5. The van der Waals surface area contributed by atoms with Gasteiger partial charge in [0, 0.05) is 23.0 Å². The molecule has 0 bridgehead atoms. The maximum Gasteiger partial charge on any atom is 0.252 e. The van der Waals surface area contributed by atoms with E-state index in [0.717, 1.165) is 17.2 Å². The minimum absolute atomic E-state index is 0.0706. The second kappa shape index (κ2) is 7.58. The predicted molar refractivity (Wildman–Crippen MR) is 74.1 cm³/mol. The second-order valence-electron chi connectivity index (χ2n) is 3.43. The molecule has 0 unspecified atom stereocenters. The van der Waals surface area contributed by atoms with Crippen molar-refractivity contribution in [2.24, 2.45) is 0 Å². The van der Waals surface area contributed by atoms with E-state index in [9.17, 15) is 4.79 Å². The molecule has 94 valence electrons. The van der Waals surface area contributed by atoms with Crippen LogP contribution in [-0.4, -0.2) is 31.8 Å². The Hall–Kier alpha value is -0.710. The van der Waals surface area contributed by atoms with Crippen molar-refractivity contribution in [2.75, 3.05) is 25.9 Å². The lowest BCUT2D eigenvalue weighted by molar-refractivity contribution is 0.0951. The van der Waals surface area contributed by atoms with Crippen LogP contribution >= 0.6 is 23.4 Å². The molecule has 1 rings (SSSR count).